The van der Waals surface area contributed by atoms with Gasteiger partial charge in [0.1, 0.15) is 0 Å². The van der Waals surface area contributed by atoms with Crippen LogP contribution in [0.25, 0.3) is 10.8 Å². The fourth-order valence-electron chi connectivity index (χ4n) is 4.26. The maximum Gasteiger partial charge on any atom is 0.274 e. The van der Waals surface area contributed by atoms with E-state index in [2.05, 4.69) is 22.5 Å². The van der Waals surface area contributed by atoms with E-state index in [9.17, 15) is 14.4 Å². The second-order valence-corrected chi connectivity index (χ2v) is 8.97. The summed E-state index contributed by atoms with van der Waals surface area (Å²) in [7, 11) is 0. The number of hydrogen-bond donors (Lipinski definition) is 1. The number of carbonyl (C=O) groups is 2. The molecule has 0 fully saturated rings. The van der Waals surface area contributed by atoms with E-state index < -0.39 is 0 Å². The van der Waals surface area contributed by atoms with Crippen molar-refractivity contribution in [1.82, 2.24) is 20.0 Å². The summed E-state index contributed by atoms with van der Waals surface area (Å²) in [4.78, 5) is 40.2. The van der Waals surface area contributed by atoms with Gasteiger partial charge in [-0.1, -0.05) is 56.3 Å². The van der Waals surface area contributed by atoms with Crippen LogP contribution in [0.5, 0.6) is 0 Å². The van der Waals surface area contributed by atoms with E-state index >= 15 is 0 Å². The van der Waals surface area contributed by atoms with Crippen LogP contribution in [0.15, 0.2) is 53.3 Å². The molecular weight excluding hydrogens is 416 g/mol. The van der Waals surface area contributed by atoms with Crippen LogP contribution in [0.4, 0.5) is 0 Å². The molecule has 1 aromatic heterocycles. The normalized spacial score (nSPS) is 13.2. The van der Waals surface area contributed by atoms with E-state index in [-0.39, 0.29) is 29.0 Å². The topological polar surface area (TPSA) is 84.3 Å². The molecule has 7 heteroatoms. The van der Waals surface area contributed by atoms with Crippen LogP contribution in [-0.2, 0) is 24.3 Å². The lowest BCUT2D eigenvalue weighted by atomic mass is 9.99. The minimum atomic E-state index is -0.331. The highest BCUT2D eigenvalue weighted by Crippen LogP contribution is 2.19. The molecule has 0 atom stereocenters. The number of amides is 2. The summed E-state index contributed by atoms with van der Waals surface area (Å²) in [5.74, 6) is -0.00379. The van der Waals surface area contributed by atoms with Crippen molar-refractivity contribution in [3.8, 4) is 0 Å². The fourth-order valence-corrected chi connectivity index (χ4v) is 4.26. The van der Waals surface area contributed by atoms with Crippen molar-refractivity contribution >= 4 is 22.6 Å². The van der Waals surface area contributed by atoms with Gasteiger partial charge >= 0.3 is 0 Å². The molecule has 0 radical (unpaired) electrons. The van der Waals surface area contributed by atoms with Crippen molar-refractivity contribution in [2.24, 2.45) is 5.92 Å². The Hall–Kier alpha value is -3.48. The molecule has 0 bridgehead atoms. The Morgan fingerprint density at radius 3 is 2.48 bits per heavy atom. The molecule has 172 valence electrons. The Balaban J connectivity index is 1.37. The molecule has 4 rings (SSSR count). The van der Waals surface area contributed by atoms with Crippen molar-refractivity contribution in [3.05, 3.63) is 75.7 Å². The molecule has 0 spiro atoms. The smallest absolute Gasteiger partial charge is 0.274 e. The number of rotatable bonds is 7. The lowest BCUT2D eigenvalue weighted by Crippen LogP contribution is -2.36. The summed E-state index contributed by atoms with van der Waals surface area (Å²) >= 11 is 0. The molecule has 1 aliphatic rings. The first kappa shape index (κ1) is 22.7. The second-order valence-electron chi connectivity index (χ2n) is 8.97. The molecule has 2 heterocycles. The Morgan fingerprint density at radius 2 is 1.73 bits per heavy atom. The molecular formula is C26H30N4O3. The van der Waals surface area contributed by atoms with Crippen molar-refractivity contribution in [2.45, 2.75) is 46.2 Å². The van der Waals surface area contributed by atoms with Gasteiger partial charge in [0.05, 0.1) is 5.39 Å². The summed E-state index contributed by atoms with van der Waals surface area (Å²) in [6.07, 6.45) is 1.80. The average Bonchev–Trinajstić information content (AvgIpc) is 2.82. The van der Waals surface area contributed by atoms with Gasteiger partial charge in [0.25, 0.3) is 11.5 Å². The molecule has 2 amide bonds. The van der Waals surface area contributed by atoms with Crippen LogP contribution >= 0.6 is 0 Å². The second kappa shape index (κ2) is 9.98. The van der Waals surface area contributed by atoms with Gasteiger partial charge < -0.3 is 10.2 Å². The first-order chi connectivity index (χ1) is 15.9. The Labute approximate surface area is 193 Å². The van der Waals surface area contributed by atoms with Gasteiger partial charge in [-0.25, -0.2) is 4.68 Å². The first-order valence-corrected chi connectivity index (χ1v) is 11.6. The average molecular weight is 447 g/mol. The molecule has 1 aliphatic heterocycles. The lowest BCUT2D eigenvalue weighted by Gasteiger charge is -2.29. The van der Waals surface area contributed by atoms with E-state index in [1.165, 1.54) is 15.8 Å². The maximum absolute atomic E-state index is 12.9. The SMILES string of the molecule is CC(C)Cn1nc(C(=O)NCCCC(=O)N2CCc3ccccc3C2)c2ccccc2c1=O. The van der Waals surface area contributed by atoms with Gasteiger partial charge in [0, 0.05) is 38.0 Å². The third kappa shape index (κ3) is 5.13. The predicted molar refractivity (Wildman–Crippen MR) is 128 cm³/mol. The zero-order valence-corrected chi connectivity index (χ0v) is 19.2. The Bertz CT molecular complexity index is 1230. The molecule has 3 aromatic rings. The quantitative estimate of drug-likeness (QED) is 0.565. The standard InChI is InChI=1S/C26H30N4O3/c1-18(2)16-30-26(33)22-11-6-5-10-21(22)24(28-30)25(32)27-14-7-12-23(31)29-15-13-19-8-3-4-9-20(19)17-29/h3-6,8-11,18H,7,12-17H2,1-2H3,(H,27,32). The van der Waals surface area contributed by atoms with Crippen molar-refractivity contribution in [3.63, 3.8) is 0 Å². The van der Waals surface area contributed by atoms with Gasteiger partial charge in [0.2, 0.25) is 5.91 Å². The summed E-state index contributed by atoms with van der Waals surface area (Å²) in [6, 6.07) is 15.3. The Kier molecular flexibility index (Phi) is 6.87. The van der Waals surface area contributed by atoms with Crippen LogP contribution in [0, 0.1) is 5.92 Å². The van der Waals surface area contributed by atoms with Crippen LogP contribution in [0.2, 0.25) is 0 Å². The largest absolute Gasteiger partial charge is 0.351 e. The minimum absolute atomic E-state index is 0.104. The summed E-state index contributed by atoms with van der Waals surface area (Å²) in [5.41, 5.74) is 2.57. The first-order valence-electron chi connectivity index (χ1n) is 11.6. The van der Waals surface area contributed by atoms with Gasteiger partial charge in [-0.15, -0.1) is 0 Å². The zero-order chi connectivity index (χ0) is 23.4. The molecule has 1 N–H and O–H groups in total. The highest BCUT2D eigenvalue weighted by molar-refractivity contribution is 6.04. The Morgan fingerprint density at radius 1 is 1.03 bits per heavy atom. The number of nitrogens with one attached hydrogen (secondary N) is 1. The third-order valence-corrected chi connectivity index (χ3v) is 5.96. The number of nitrogens with zero attached hydrogens (tertiary/aromatic N) is 3. The lowest BCUT2D eigenvalue weighted by molar-refractivity contribution is -0.132. The van der Waals surface area contributed by atoms with Crippen molar-refractivity contribution < 1.29 is 9.59 Å². The predicted octanol–water partition coefficient (Wildman–Crippen LogP) is 3.15. The molecule has 0 unspecified atom stereocenters. The van der Waals surface area contributed by atoms with Crippen molar-refractivity contribution in [1.29, 1.82) is 0 Å². The van der Waals surface area contributed by atoms with Crippen LogP contribution in [-0.4, -0.2) is 39.6 Å². The van der Waals surface area contributed by atoms with Gasteiger partial charge in [-0.05, 0) is 36.0 Å². The van der Waals surface area contributed by atoms with Gasteiger partial charge in [-0.2, -0.15) is 5.10 Å². The van der Waals surface area contributed by atoms with Gasteiger partial charge in [-0.3, -0.25) is 14.4 Å². The highest BCUT2D eigenvalue weighted by atomic mass is 16.2. The van der Waals surface area contributed by atoms with E-state index in [1.807, 2.05) is 30.9 Å². The number of benzene rings is 2. The van der Waals surface area contributed by atoms with E-state index in [0.717, 1.165) is 13.0 Å². The molecule has 7 nitrogen and oxygen atoms in total. The van der Waals surface area contributed by atoms with E-state index in [0.29, 0.717) is 43.2 Å². The van der Waals surface area contributed by atoms with E-state index in [1.54, 1.807) is 24.3 Å². The third-order valence-electron chi connectivity index (χ3n) is 5.96. The number of fused-ring (bicyclic) bond motifs is 2. The van der Waals surface area contributed by atoms with Gasteiger partial charge in [0.15, 0.2) is 5.69 Å². The summed E-state index contributed by atoms with van der Waals surface area (Å²) in [6.45, 7) is 6.19. The molecule has 0 aliphatic carbocycles. The molecule has 2 aromatic carbocycles. The fraction of sp³-hybridized carbons (Fsp3) is 0.385. The monoisotopic (exact) mass is 446 g/mol. The van der Waals surface area contributed by atoms with E-state index in [4.69, 9.17) is 0 Å². The summed E-state index contributed by atoms with van der Waals surface area (Å²) in [5, 5.41) is 8.27. The number of carbonyl (C=O) groups excluding carboxylic acids is 2. The maximum atomic E-state index is 12.9. The van der Waals surface area contributed by atoms with Crippen molar-refractivity contribution in [2.75, 3.05) is 13.1 Å². The minimum Gasteiger partial charge on any atom is -0.351 e. The molecule has 33 heavy (non-hydrogen) atoms. The van der Waals surface area contributed by atoms with Crippen LogP contribution in [0.1, 0.15) is 48.3 Å². The number of aromatic nitrogens is 2. The molecule has 0 saturated carbocycles. The molecule has 0 saturated heterocycles. The number of hydrogen-bond acceptors (Lipinski definition) is 4. The summed E-state index contributed by atoms with van der Waals surface area (Å²) < 4.78 is 1.37. The highest BCUT2D eigenvalue weighted by Gasteiger charge is 2.20. The zero-order valence-electron chi connectivity index (χ0n) is 19.2. The van der Waals surface area contributed by atoms with Crippen LogP contribution in [0.3, 0.4) is 0 Å². The van der Waals surface area contributed by atoms with Crippen LogP contribution < -0.4 is 10.9 Å².